The molecule has 2 heterocycles. The minimum absolute atomic E-state index is 0.0461. The Bertz CT molecular complexity index is 881. The summed E-state index contributed by atoms with van der Waals surface area (Å²) >= 11 is 0. The molecule has 1 aliphatic rings. The second-order valence-corrected chi connectivity index (χ2v) is 7.64. The number of nitrogens with zero attached hydrogens (tertiary/aromatic N) is 2. The average molecular weight is 399 g/mol. The highest BCUT2D eigenvalue weighted by molar-refractivity contribution is 6.45. The molecule has 7 heteroatoms. The van der Waals surface area contributed by atoms with Crippen LogP contribution in [-0.4, -0.2) is 59.9 Å². The van der Waals surface area contributed by atoms with E-state index in [0.717, 1.165) is 44.3 Å². The van der Waals surface area contributed by atoms with Crippen molar-refractivity contribution < 1.29 is 19.1 Å². The third-order valence-electron chi connectivity index (χ3n) is 5.30. The van der Waals surface area contributed by atoms with E-state index in [4.69, 9.17) is 4.74 Å². The summed E-state index contributed by atoms with van der Waals surface area (Å²) < 4.78 is 6.78. The molecule has 1 aromatic carbocycles. The number of Topliss-reactive ketones (excluding diaryl/α,β-unsaturated/α-hetero) is 1. The number of hydrogen-bond donors (Lipinski definition) is 1. The molecule has 1 atom stereocenters. The molecule has 29 heavy (non-hydrogen) atoms. The maximum Gasteiger partial charge on any atom is 0.292 e. The molecule has 1 aliphatic heterocycles. The topological polar surface area (TPSA) is 80.6 Å². The predicted molar refractivity (Wildman–Crippen MR) is 111 cm³/mol. The minimum Gasteiger partial charge on any atom is -0.383 e. The smallest absolute Gasteiger partial charge is 0.292 e. The zero-order chi connectivity index (χ0) is 20.8. The number of ether oxygens (including phenoxy) is 1. The van der Waals surface area contributed by atoms with Crippen LogP contribution in [0.4, 0.5) is 0 Å². The molecule has 3 rings (SSSR count). The quantitative estimate of drug-likeness (QED) is 0.573. The van der Waals surface area contributed by atoms with E-state index in [1.54, 1.807) is 30.9 Å². The molecule has 0 aliphatic carbocycles. The first kappa shape index (κ1) is 21.0. The fourth-order valence-corrected chi connectivity index (χ4v) is 3.83. The molecule has 1 fully saturated rings. The summed E-state index contributed by atoms with van der Waals surface area (Å²) in [6, 6.07) is 7.10. The highest BCUT2D eigenvalue weighted by Gasteiger charge is 2.24. The normalized spacial score (nSPS) is 15.7. The Labute approximate surface area is 171 Å². The Kier molecular flexibility index (Phi) is 7.04. The van der Waals surface area contributed by atoms with Crippen LogP contribution in [-0.2, 0) is 20.9 Å². The Morgan fingerprint density at radius 1 is 1.10 bits per heavy atom. The van der Waals surface area contributed by atoms with E-state index in [1.165, 1.54) is 0 Å². The van der Waals surface area contributed by atoms with Gasteiger partial charge < -0.3 is 19.5 Å². The second-order valence-electron chi connectivity index (χ2n) is 7.64. The SMILES string of the molecule is COC[C@@H](C)NC(=O)C(=O)c1cn(CC(=O)N2CCCCCC2)c2ccccc12. The van der Waals surface area contributed by atoms with E-state index in [9.17, 15) is 14.4 Å². The molecule has 7 nitrogen and oxygen atoms in total. The minimum atomic E-state index is -0.670. The van der Waals surface area contributed by atoms with E-state index in [1.807, 2.05) is 23.1 Å². The largest absolute Gasteiger partial charge is 0.383 e. The van der Waals surface area contributed by atoms with Crippen molar-refractivity contribution >= 4 is 28.5 Å². The van der Waals surface area contributed by atoms with Gasteiger partial charge >= 0.3 is 0 Å². The van der Waals surface area contributed by atoms with Gasteiger partial charge in [0.2, 0.25) is 5.91 Å². The average Bonchev–Trinajstić information content (AvgIpc) is 2.88. The van der Waals surface area contributed by atoms with Crippen molar-refractivity contribution in [2.24, 2.45) is 0 Å². The van der Waals surface area contributed by atoms with Crippen molar-refractivity contribution in [1.29, 1.82) is 0 Å². The second kappa shape index (κ2) is 9.69. The molecule has 2 aromatic rings. The summed E-state index contributed by atoms with van der Waals surface area (Å²) in [5.41, 5.74) is 1.09. The van der Waals surface area contributed by atoms with Crippen molar-refractivity contribution in [3.63, 3.8) is 0 Å². The van der Waals surface area contributed by atoms with Crippen molar-refractivity contribution in [3.8, 4) is 0 Å². The summed E-state index contributed by atoms with van der Waals surface area (Å²) in [7, 11) is 1.54. The third kappa shape index (κ3) is 5.03. The Balaban J connectivity index is 1.82. The summed E-state index contributed by atoms with van der Waals surface area (Å²) in [6.45, 7) is 3.83. The fraction of sp³-hybridized carbons (Fsp3) is 0.500. The number of carbonyl (C=O) groups excluding carboxylic acids is 3. The highest BCUT2D eigenvalue weighted by atomic mass is 16.5. The van der Waals surface area contributed by atoms with Crippen LogP contribution in [0, 0.1) is 0 Å². The summed E-state index contributed by atoms with van der Waals surface area (Å²) in [5, 5.41) is 3.33. The molecule has 1 saturated heterocycles. The number of ketones is 1. The van der Waals surface area contributed by atoms with Crippen LogP contribution in [0.1, 0.15) is 43.0 Å². The molecular weight excluding hydrogens is 370 g/mol. The lowest BCUT2D eigenvalue weighted by Gasteiger charge is -2.20. The Hall–Kier alpha value is -2.67. The lowest BCUT2D eigenvalue weighted by atomic mass is 10.1. The number of methoxy groups -OCH3 is 1. The van der Waals surface area contributed by atoms with Crippen LogP contribution in [0.15, 0.2) is 30.5 Å². The number of likely N-dealkylation sites (tertiary alicyclic amines) is 1. The number of fused-ring (bicyclic) bond motifs is 1. The standard InChI is InChI=1S/C22H29N3O4/c1-16(15-29-2)23-22(28)21(27)18-13-25(19-10-6-5-9-17(18)19)14-20(26)24-11-7-3-4-8-12-24/h5-6,9-10,13,16H,3-4,7-8,11-12,14-15H2,1-2H3,(H,23,28)/t16-/m1/s1. The first-order valence-electron chi connectivity index (χ1n) is 10.2. The van der Waals surface area contributed by atoms with Gasteiger partial charge in [-0.1, -0.05) is 31.0 Å². The van der Waals surface area contributed by atoms with Crippen molar-refractivity contribution in [1.82, 2.24) is 14.8 Å². The maximum absolute atomic E-state index is 12.8. The van der Waals surface area contributed by atoms with E-state index < -0.39 is 11.7 Å². The molecular formula is C22H29N3O4. The summed E-state index contributed by atoms with van der Waals surface area (Å²) in [5.74, 6) is -1.23. The number of nitrogens with one attached hydrogen (secondary N) is 1. The molecule has 1 N–H and O–H groups in total. The zero-order valence-electron chi connectivity index (χ0n) is 17.1. The van der Waals surface area contributed by atoms with E-state index in [0.29, 0.717) is 17.6 Å². The number of para-hydroxylation sites is 1. The van der Waals surface area contributed by atoms with E-state index in [-0.39, 0.29) is 18.5 Å². The lowest BCUT2D eigenvalue weighted by Crippen LogP contribution is -2.39. The van der Waals surface area contributed by atoms with E-state index >= 15 is 0 Å². The van der Waals surface area contributed by atoms with Crippen molar-refractivity contribution in [2.45, 2.75) is 45.2 Å². The van der Waals surface area contributed by atoms with Crippen LogP contribution >= 0.6 is 0 Å². The lowest BCUT2D eigenvalue weighted by molar-refractivity contribution is -0.131. The first-order chi connectivity index (χ1) is 14.0. The molecule has 0 radical (unpaired) electrons. The maximum atomic E-state index is 12.8. The van der Waals surface area contributed by atoms with Gasteiger partial charge in [-0.05, 0) is 25.8 Å². The van der Waals surface area contributed by atoms with Gasteiger partial charge in [-0.15, -0.1) is 0 Å². The van der Waals surface area contributed by atoms with Gasteiger partial charge in [0.25, 0.3) is 11.7 Å². The molecule has 2 amide bonds. The van der Waals surface area contributed by atoms with E-state index in [2.05, 4.69) is 5.32 Å². The zero-order valence-corrected chi connectivity index (χ0v) is 17.1. The monoisotopic (exact) mass is 399 g/mol. The molecule has 0 bridgehead atoms. The van der Waals surface area contributed by atoms with Gasteiger partial charge in [-0.25, -0.2) is 0 Å². The van der Waals surface area contributed by atoms with Crippen LogP contribution < -0.4 is 5.32 Å². The van der Waals surface area contributed by atoms with Gasteiger partial charge in [0.05, 0.1) is 12.2 Å². The van der Waals surface area contributed by atoms with Gasteiger partial charge in [0.15, 0.2) is 0 Å². The van der Waals surface area contributed by atoms with Crippen LogP contribution in [0.2, 0.25) is 0 Å². The summed E-state index contributed by atoms with van der Waals surface area (Å²) in [6.07, 6.45) is 6.00. The molecule has 0 unspecified atom stereocenters. The molecule has 0 spiro atoms. The van der Waals surface area contributed by atoms with Crippen molar-refractivity contribution in [3.05, 3.63) is 36.0 Å². The Morgan fingerprint density at radius 3 is 2.48 bits per heavy atom. The van der Waals surface area contributed by atoms with Crippen LogP contribution in [0.25, 0.3) is 10.9 Å². The number of benzene rings is 1. The predicted octanol–water partition coefficient (Wildman–Crippen LogP) is 2.38. The number of carbonyl (C=O) groups is 3. The van der Waals surface area contributed by atoms with Gasteiger partial charge in [-0.3, -0.25) is 14.4 Å². The summed E-state index contributed by atoms with van der Waals surface area (Å²) in [4.78, 5) is 39.9. The third-order valence-corrected chi connectivity index (χ3v) is 5.30. The first-order valence-corrected chi connectivity index (χ1v) is 10.2. The Morgan fingerprint density at radius 2 is 1.79 bits per heavy atom. The van der Waals surface area contributed by atoms with Crippen LogP contribution in [0.5, 0.6) is 0 Å². The highest BCUT2D eigenvalue weighted by Crippen LogP contribution is 2.22. The molecule has 156 valence electrons. The van der Waals surface area contributed by atoms with Gasteiger partial charge in [-0.2, -0.15) is 0 Å². The van der Waals surface area contributed by atoms with Gasteiger partial charge in [0, 0.05) is 43.3 Å². The molecule has 1 aromatic heterocycles. The van der Waals surface area contributed by atoms with Gasteiger partial charge in [0.1, 0.15) is 6.54 Å². The number of amides is 2. The number of rotatable bonds is 7. The van der Waals surface area contributed by atoms with Crippen LogP contribution in [0.3, 0.4) is 0 Å². The van der Waals surface area contributed by atoms with Crippen molar-refractivity contribution in [2.75, 3.05) is 26.8 Å². The number of aromatic nitrogens is 1. The fourth-order valence-electron chi connectivity index (χ4n) is 3.83. The number of hydrogen-bond acceptors (Lipinski definition) is 4. The molecule has 0 saturated carbocycles.